The summed E-state index contributed by atoms with van der Waals surface area (Å²) in [5.74, 6) is -3.95. The number of morpholine rings is 1. The van der Waals surface area contributed by atoms with Crippen molar-refractivity contribution in [2.75, 3.05) is 32.8 Å². The van der Waals surface area contributed by atoms with E-state index < -0.39 is 11.8 Å². The van der Waals surface area contributed by atoms with Gasteiger partial charge < -0.3 is 19.9 Å². The third kappa shape index (κ3) is 4.19. The zero-order valence-electron chi connectivity index (χ0n) is 16.0. The van der Waals surface area contributed by atoms with Crippen LogP contribution in [0.2, 0.25) is 5.02 Å². The Labute approximate surface area is 173 Å². The highest BCUT2D eigenvalue weighted by molar-refractivity contribution is 6.30. The molecule has 0 aromatic heterocycles. The van der Waals surface area contributed by atoms with Crippen LogP contribution in [0.15, 0.2) is 24.3 Å². The Kier molecular flexibility index (Phi) is 5.66. The number of alkyl halides is 2. The topological polar surface area (TPSA) is 61.9 Å². The molecule has 0 aliphatic carbocycles. The number of nitrogens with zero attached hydrogens (tertiary/aromatic N) is 2. The van der Waals surface area contributed by atoms with Crippen LogP contribution in [0.1, 0.15) is 24.8 Å². The third-order valence-electron chi connectivity index (χ3n) is 6.10. The van der Waals surface area contributed by atoms with Crippen molar-refractivity contribution >= 4 is 23.5 Å². The summed E-state index contributed by atoms with van der Waals surface area (Å²) in [5, 5.41) is 3.29. The average molecular weight is 428 g/mol. The molecule has 1 aromatic rings. The van der Waals surface area contributed by atoms with Gasteiger partial charge in [-0.3, -0.25) is 4.79 Å². The lowest BCUT2D eigenvalue weighted by molar-refractivity contribution is -0.139. The van der Waals surface area contributed by atoms with E-state index in [1.807, 2.05) is 0 Å². The van der Waals surface area contributed by atoms with Crippen molar-refractivity contribution in [3.8, 4) is 0 Å². The predicted molar refractivity (Wildman–Crippen MR) is 103 cm³/mol. The van der Waals surface area contributed by atoms with Crippen molar-refractivity contribution in [2.24, 2.45) is 5.92 Å². The molecule has 4 rings (SSSR count). The lowest BCUT2D eigenvalue weighted by Crippen LogP contribution is -2.62. The van der Waals surface area contributed by atoms with E-state index in [2.05, 4.69) is 5.32 Å². The Hall–Kier alpha value is -1.93. The molecule has 3 heterocycles. The van der Waals surface area contributed by atoms with Crippen molar-refractivity contribution in [1.29, 1.82) is 0 Å². The van der Waals surface area contributed by atoms with Crippen LogP contribution in [-0.2, 0) is 15.5 Å². The van der Waals surface area contributed by atoms with Crippen LogP contribution in [-0.4, -0.2) is 66.7 Å². The zero-order chi connectivity index (χ0) is 20.6. The van der Waals surface area contributed by atoms with Gasteiger partial charge in [-0.05, 0) is 31.4 Å². The summed E-state index contributed by atoms with van der Waals surface area (Å²) >= 11 is 5.80. The van der Waals surface area contributed by atoms with Crippen LogP contribution < -0.4 is 5.32 Å². The van der Waals surface area contributed by atoms with Gasteiger partial charge in [0, 0.05) is 42.7 Å². The van der Waals surface area contributed by atoms with Crippen LogP contribution in [0.25, 0.3) is 0 Å². The van der Waals surface area contributed by atoms with E-state index in [9.17, 15) is 18.4 Å². The summed E-state index contributed by atoms with van der Waals surface area (Å²) in [6.45, 7) is 1.57. The minimum absolute atomic E-state index is 0.0400. The first-order valence-corrected chi connectivity index (χ1v) is 10.3. The highest BCUT2D eigenvalue weighted by Gasteiger charge is 2.44. The van der Waals surface area contributed by atoms with Gasteiger partial charge >= 0.3 is 6.03 Å². The van der Waals surface area contributed by atoms with E-state index in [1.165, 1.54) is 24.3 Å². The molecule has 3 saturated heterocycles. The number of fused-ring (bicyclic) bond motifs is 1. The van der Waals surface area contributed by atoms with E-state index in [-0.39, 0.29) is 49.1 Å². The van der Waals surface area contributed by atoms with Gasteiger partial charge in [0.1, 0.15) is 6.61 Å². The van der Waals surface area contributed by atoms with E-state index in [4.69, 9.17) is 16.3 Å². The Balaban J connectivity index is 1.34. The number of halogens is 3. The number of hydrogen-bond donors (Lipinski definition) is 1. The van der Waals surface area contributed by atoms with Crippen molar-refractivity contribution in [3.05, 3.63) is 34.9 Å². The molecule has 1 unspecified atom stereocenters. The number of urea groups is 1. The first-order valence-electron chi connectivity index (χ1n) is 9.93. The molecule has 2 atom stereocenters. The van der Waals surface area contributed by atoms with Gasteiger partial charge in [0.2, 0.25) is 5.91 Å². The maximum atomic E-state index is 14.9. The largest absolute Gasteiger partial charge is 0.366 e. The number of piperidine rings is 2. The second-order valence-electron chi connectivity index (χ2n) is 7.93. The monoisotopic (exact) mass is 427 g/mol. The molecular weight excluding hydrogens is 404 g/mol. The predicted octanol–water partition coefficient (Wildman–Crippen LogP) is 2.85. The number of carbonyl (C=O) groups is 2. The summed E-state index contributed by atoms with van der Waals surface area (Å²) in [4.78, 5) is 27.7. The smallest absolute Gasteiger partial charge is 0.320 e. The van der Waals surface area contributed by atoms with Gasteiger partial charge in [0.15, 0.2) is 0 Å². The number of amides is 3. The van der Waals surface area contributed by atoms with E-state index in [0.29, 0.717) is 37.6 Å². The molecule has 0 radical (unpaired) electrons. The standard InChI is InChI=1S/C20H24ClF2N3O3/c21-15-3-1-13(2-4-15)20(22,23)14-5-8-25(9-6-14)19(28)26-10-7-17-16(11-26)24-18(27)12-29-17/h1-4,14,16-17H,5-12H2,(H,24,27)/t16-,17?/m1/s1. The highest BCUT2D eigenvalue weighted by atomic mass is 35.5. The van der Waals surface area contributed by atoms with E-state index in [1.54, 1.807) is 9.80 Å². The molecule has 1 N–H and O–H groups in total. The zero-order valence-corrected chi connectivity index (χ0v) is 16.7. The first kappa shape index (κ1) is 20.3. The Morgan fingerprint density at radius 2 is 1.76 bits per heavy atom. The van der Waals surface area contributed by atoms with Gasteiger partial charge in [0.25, 0.3) is 5.92 Å². The molecular formula is C20H24ClF2N3O3. The van der Waals surface area contributed by atoms with Crippen molar-refractivity contribution in [3.63, 3.8) is 0 Å². The number of benzene rings is 1. The van der Waals surface area contributed by atoms with E-state index in [0.717, 1.165) is 0 Å². The van der Waals surface area contributed by atoms with Crippen molar-refractivity contribution < 1.29 is 23.1 Å². The van der Waals surface area contributed by atoms with Crippen LogP contribution in [0.4, 0.5) is 13.6 Å². The minimum Gasteiger partial charge on any atom is -0.366 e. The lowest BCUT2D eigenvalue weighted by atomic mass is 9.86. The summed E-state index contributed by atoms with van der Waals surface area (Å²) in [6, 6.07) is 5.31. The Bertz CT molecular complexity index is 769. The maximum absolute atomic E-state index is 14.9. The van der Waals surface area contributed by atoms with Gasteiger partial charge in [-0.25, -0.2) is 13.6 Å². The number of likely N-dealkylation sites (tertiary alicyclic amines) is 2. The van der Waals surface area contributed by atoms with Crippen LogP contribution >= 0.6 is 11.6 Å². The molecule has 3 fully saturated rings. The van der Waals surface area contributed by atoms with Crippen LogP contribution in [0, 0.1) is 5.92 Å². The van der Waals surface area contributed by atoms with Crippen molar-refractivity contribution in [2.45, 2.75) is 37.3 Å². The molecule has 1 aromatic carbocycles. The molecule has 3 aliphatic heterocycles. The van der Waals surface area contributed by atoms with Gasteiger partial charge in [-0.15, -0.1) is 0 Å². The number of nitrogens with one attached hydrogen (secondary N) is 1. The van der Waals surface area contributed by atoms with Crippen molar-refractivity contribution in [1.82, 2.24) is 15.1 Å². The quantitative estimate of drug-likeness (QED) is 0.789. The molecule has 3 amide bonds. The summed E-state index contributed by atoms with van der Waals surface area (Å²) in [7, 11) is 0. The summed E-state index contributed by atoms with van der Waals surface area (Å²) in [6.07, 6.45) is 1.06. The van der Waals surface area contributed by atoms with Gasteiger partial charge in [0.05, 0.1) is 12.1 Å². The van der Waals surface area contributed by atoms with Gasteiger partial charge in [-0.2, -0.15) is 0 Å². The molecule has 158 valence electrons. The second kappa shape index (κ2) is 8.07. The number of ether oxygens (including phenoxy) is 1. The lowest BCUT2D eigenvalue weighted by Gasteiger charge is -2.44. The number of rotatable bonds is 2. The van der Waals surface area contributed by atoms with Gasteiger partial charge in [-0.1, -0.05) is 23.7 Å². The van der Waals surface area contributed by atoms with Crippen LogP contribution in [0.5, 0.6) is 0 Å². The summed E-state index contributed by atoms with van der Waals surface area (Å²) < 4.78 is 35.2. The average Bonchev–Trinajstić information content (AvgIpc) is 2.73. The molecule has 6 nitrogen and oxygen atoms in total. The molecule has 9 heteroatoms. The molecule has 29 heavy (non-hydrogen) atoms. The summed E-state index contributed by atoms with van der Waals surface area (Å²) in [5.41, 5.74) is -0.0400. The Morgan fingerprint density at radius 1 is 1.10 bits per heavy atom. The molecule has 3 aliphatic rings. The molecule has 0 bridgehead atoms. The fourth-order valence-electron chi connectivity index (χ4n) is 4.41. The van der Waals surface area contributed by atoms with E-state index >= 15 is 0 Å². The fourth-order valence-corrected chi connectivity index (χ4v) is 4.54. The normalized spacial score (nSPS) is 26.1. The molecule has 0 saturated carbocycles. The molecule has 0 spiro atoms. The number of hydrogen-bond acceptors (Lipinski definition) is 3. The minimum atomic E-state index is -2.96. The Morgan fingerprint density at radius 3 is 2.45 bits per heavy atom. The fraction of sp³-hybridized carbons (Fsp3) is 0.600. The third-order valence-corrected chi connectivity index (χ3v) is 6.35. The second-order valence-corrected chi connectivity index (χ2v) is 8.37. The first-order chi connectivity index (χ1) is 13.8. The highest BCUT2D eigenvalue weighted by Crippen LogP contribution is 2.41. The van der Waals surface area contributed by atoms with Crippen LogP contribution in [0.3, 0.4) is 0 Å². The maximum Gasteiger partial charge on any atom is 0.320 e. The SMILES string of the molecule is O=C1COC2CCN(C(=O)N3CCC(C(F)(F)c4ccc(Cl)cc4)CC3)C[C@H]2N1. The number of carbonyl (C=O) groups excluding carboxylic acids is 2.